The Labute approximate surface area is 115 Å². The van der Waals surface area contributed by atoms with Crippen LogP contribution in [-0.4, -0.2) is 7.69 Å². The lowest BCUT2D eigenvalue weighted by atomic mass is 10.2. The zero-order valence-electron chi connectivity index (χ0n) is 10.1. The molecule has 0 aromatic heterocycles. The molecule has 0 bridgehead atoms. The van der Waals surface area contributed by atoms with Gasteiger partial charge in [-0.05, 0) is 0 Å². The molecule has 110 valence electrons. The standard InChI is InChI=1S/C12H5BF6O2/c14-5-1-7(16)11(18)9(3-5)20-13-21-10-4-6(15)2-8(17)12(10)19/h1-4,13H. The van der Waals surface area contributed by atoms with Gasteiger partial charge in [0.2, 0.25) is 0 Å². The van der Waals surface area contributed by atoms with Crippen LogP contribution in [0.1, 0.15) is 0 Å². The normalized spacial score (nSPS) is 10.4. The summed E-state index contributed by atoms with van der Waals surface area (Å²) in [6.45, 7) is 0. The second-order valence-corrected chi connectivity index (χ2v) is 3.81. The summed E-state index contributed by atoms with van der Waals surface area (Å²) in [6.07, 6.45) is 0. The summed E-state index contributed by atoms with van der Waals surface area (Å²) in [5, 5.41) is 0. The van der Waals surface area contributed by atoms with Crippen LogP contribution in [0.3, 0.4) is 0 Å². The maximum atomic E-state index is 13.2. The third-order valence-electron chi connectivity index (χ3n) is 2.35. The Morgan fingerprint density at radius 1 is 0.619 bits per heavy atom. The van der Waals surface area contributed by atoms with Gasteiger partial charge in [-0.15, -0.1) is 0 Å². The van der Waals surface area contributed by atoms with Crippen LogP contribution in [-0.2, 0) is 0 Å². The quantitative estimate of drug-likeness (QED) is 0.490. The Bertz CT molecular complexity index is 622. The van der Waals surface area contributed by atoms with E-state index >= 15 is 0 Å². The third-order valence-corrected chi connectivity index (χ3v) is 2.35. The molecule has 2 rings (SSSR count). The van der Waals surface area contributed by atoms with Gasteiger partial charge < -0.3 is 9.31 Å². The van der Waals surface area contributed by atoms with Crippen LogP contribution in [0.5, 0.6) is 11.5 Å². The molecule has 21 heavy (non-hydrogen) atoms. The molecule has 0 N–H and O–H groups in total. The van der Waals surface area contributed by atoms with Crippen molar-refractivity contribution in [3.8, 4) is 11.5 Å². The van der Waals surface area contributed by atoms with Gasteiger partial charge in [0.25, 0.3) is 0 Å². The maximum absolute atomic E-state index is 13.2. The van der Waals surface area contributed by atoms with Crippen molar-refractivity contribution < 1.29 is 35.7 Å². The molecule has 0 aliphatic rings. The zero-order chi connectivity index (χ0) is 15.6. The van der Waals surface area contributed by atoms with Crippen molar-refractivity contribution in [3.63, 3.8) is 0 Å². The van der Waals surface area contributed by atoms with E-state index in [1.807, 2.05) is 0 Å². The van der Waals surface area contributed by atoms with Gasteiger partial charge in [-0.3, -0.25) is 0 Å². The Morgan fingerprint density at radius 2 is 1.00 bits per heavy atom. The lowest BCUT2D eigenvalue weighted by Gasteiger charge is -2.09. The zero-order valence-corrected chi connectivity index (χ0v) is 10.1. The van der Waals surface area contributed by atoms with Crippen LogP contribution < -0.4 is 9.31 Å². The second kappa shape index (κ2) is 5.98. The predicted octanol–water partition coefficient (Wildman–Crippen LogP) is 3.25. The van der Waals surface area contributed by atoms with E-state index in [2.05, 4.69) is 9.31 Å². The molecule has 0 amide bonds. The smallest absolute Gasteiger partial charge is 0.526 e. The average molecular weight is 306 g/mol. The molecule has 0 aliphatic heterocycles. The molecule has 2 nitrogen and oxygen atoms in total. The number of rotatable bonds is 4. The number of benzene rings is 2. The van der Waals surface area contributed by atoms with Crippen LogP contribution in [0.25, 0.3) is 0 Å². The summed E-state index contributed by atoms with van der Waals surface area (Å²) in [6, 6.07) is 1.66. The minimum absolute atomic E-state index is 0.296. The van der Waals surface area contributed by atoms with Crippen molar-refractivity contribution in [2.45, 2.75) is 0 Å². The van der Waals surface area contributed by atoms with E-state index in [0.717, 1.165) is 0 Å². The number of hydrogen-bond donors (Lipinski definition) is 0. The first kappa shape index (κ1) is 15.1. The topological polar surface area (TPSA) is 18.5 Å². The molecule has 2 aromatic rings. The molecule has 0 heterocycles. The lowest BCUT2D eigenvalue weighted by Crippen LogP contribution is -2.14. The first-order valence-corrected chi connectivity index (χ1v) is 5.43. The van der Waals surface area contributed by atoms with Gasteiger partial charge >= 0.3 is 7.69 Å². The summed E-state index contributed by atoms with van der Waals surface area (Å²) in [5.74, 6) is -9.81. The minimum atomic E-state index is -1.49. The van der Waals surface area contributed by atoms with Crippen molar-refractivity contribution in [1.29, 1.82) is 0 Å². The van der Waals surface area contributed by atoms with Gasteiger partial charge in [0.1, 0.15) is 23.1 Å². The van der Waals surface area contributed by atoms with Crippen molar-refractivity contribution in [2.75, 3.05) is 0 Å². The van der Waals surface area contributed by atoms with E-state index in [0.29, 0.717) is 24.3 Å². The molecule has 0 unspecified atom stereocenters. The molecule has 0 saturated carbocycles. The number of hydrogen-bond acceptors (Lipinski definition) is 2. The second-order valence-electron chi connectivity index (χ2n) is 3.81. The molecule has 0 radical (unpaired) electrons. The summed E-state index contributed by atoms with van der Waals surface area (Å²) < 4.78 is 86.9. The molecular formula is C12H5BF6O2. The van der Waals surface area contributed by atoms with Crippen molar-refractivity contribution in [1.82, 2.24) is 0 Å². The van der Waals surface area contributed by atoms with Crippen molar-refractivity contribution in [2.24, 2.45) is 0 Å². The summed E-state index contributed by atoms with van der Waals surface area (Å²) >= 11 is 0. The SMILES string of the molecule is Fc1cc(F)c(F)c(OBOc2cc(F)cc(F)c2F)c1. The Morgan fingerprint density at radius 3 is 1.38 bits per heavy atom. The predicted molar refractivity (Wildman–Crippen MR) is 61.0 cm³/mol. The van der Waals surface area contributed by atoms with E-state index in [4.69, 9.17) is 0 Å². The fraction of sp³-hybridized carbons (Fsp3) is 0. The van der Waals surface area contributed by atoms with Gasteiger partial charge in [-0.25, -0.2) is 17.6 Å². The van der Waals surface area contributed by atoms with E-state index in [1.165, 1.54) is 0 Å². The molecule has 0 aliphatic carbocycles. The minimum Gasteiger partial charge on any atom is -0.526 e. The molecule has 0 spiro atoms. The van der Waals surface area contributed by atoms with E-state index in [-0.39, 0.29) is 0 Å². The summed E-state index contributed by atoms with van der Waals surface area (Å²) in [4.78, 5) is 0. The largest absolute Gasteiger partial charge is 0.576 e. The van der Waals surface area contributed by atoms with Crippen LogP contribution in [0, 0.1) is 34.9 Å². The molecule has 2 aromatic carbocycles. The highest BCUT2D eigenvalue weighted by Crippen LogP contribution is 2.23. The van der Waals surface area contributed by atoms with Gasteiger partial charge in [0.15, 0.2) is 23.3 Å². The third kappa shape index (κ3) is 3.42. The van der Waals surface area contributed by atoms with E-state index in [1.54, 1.807) is 0 Å². The highest BCUT2D eigenvalue weighted by molar-refractivity contribution is 6.20. The van der Waals surface area contributed by atoms with Crippen molar-refractivity contribution >= 4 is 7.69 Å². The molecular weight excluding hydrogens is 301 g/mol. The molecule has 0 fully saturated rings. The van der Waals surface area contributed by atoms with E-state index in [9.17, 15) is 26.3 Å². The highest BCUT2D eigenvalue weighted by Gasteiger charge is 2.16. The van der Waals surface area contributed by atoms with Gasteiger partial charge in [0, 0.05) is 24.3 Å². The lowest BCUT2D eigenvalue weighted by molar-refractivity contribution is 0.392. The average Bonchev–Trinajstić information content (AvgIpc) is 2.40. The van der Waals surface area contributed by atoms with Crippen LogP contribution in [0.2, 0.25) is 0 Å². The molecule has 9 heteroatoms. The first-order valence-electron chi connectivity index (χ1n) is 5.43. The fourth-order valence-electron chi connectivity index (χ4n) is 1.43. The first-order chi connectivity index (χ1) is 9.88. The summed E-state index contributed by atoms with van der Waals surface area (Å²) in [7, 11) is -0.917. The maximum Gasteiger partial charge on any atom is 0.576 e. The Balaban J connectivity index is 2.09. The molecule has 0 atom stereocenters. The summed E-state index contributed by atoms with van der Waals surface area (Å²) in [5.41, 5.74) is 0. The van der Waals surface area contributed by atoms with E-state index < -0.39 is 54.1 Å². The fourth-order valence-corrected chi connectivity index (χ4v) is 1.43. The number of halogens is 6. The highest BCUT2D eigenvalue weighted by atomic mass is 19.2. The monoisotopic (exact) mass is 306 g/mol. The Kier molecular flexibility index (Phi) is 4.30. The van der Waals surface area contributed by atoms with Crippen molar-refractivity contribution in [3.05, 3.63) is 59.2 Å². The molecule has 0 saturated heterocycles. The van der Waals surface area contributed by atoms with Gasteiger partial charge in [-0.1, -0.05) is 0 Å². The van der Waals surface area contributed by atoms with Gasteiger partial charge in [-0.2, -0.15) is 8.78 Å². The van der Waals surface area contributed by atoms with Crippen LogP contribution >= 0.6 is 0 Å². The van der Waals surface area contributed by atoms with Crippen LogP contribution in [0.4, 0.5) is 26.3 Å². The van der Waals surface area contributed by atoms with Gasteiger partial charge in [0.05, 0.1) is 0 Å². The van der Waals surface area contributed by atoms with Crippen LogP contribution in [0.15, 0.2) is 24.3 Å². The Hall–Kier alpha value is -2.32.